The molecule has 0 saturated carbocycles. The quantitative estimate of drug-likeness (QED) is 0.838. The molecule has 0 aliphatic carbocycles. The zero-order valence-electron chi connectivity index (χ0n) is 11.0. The molecule has 1 aromatic carbocycles. The van der Waals surface area contributed by atoms with Gasteiger partial charge in [0, 0.05) is 18.9 Å². The van der Waals surface area contributed by atoms with Crippen LogP contribution in [-0.4, -0.2) is 21.9 Å². The second-order valence-corrected chi connectivity index (χ2v) is 3.99. The molecule has 18 heavy (non-hydrogen) atoms. The number of aryl methyl sites for hydroxylation is 2. The van der Waals surface area contributed by atoms with E-state index in [0.717, 1.165) is 35.9 Å². The van der Waals surface area contributed by atoms with E-state index < -0.39 is 0 Å². The number of anilines is 1. The van der Waals surface area contributed by atoms with Gasteiger partial charge in [0.1, 0.15) is 11.6 Å². The maximum absolute atomic E-state index is 6.01. The summed E-state index contributed by atoms with van der Waals surface area (Å²) in [7, 11) is 1.63. The number of benzene rings is 1. The van der Waals surface area contributed by atoms with Gasteiger partial charge in [-0.05, 0) is 12.1 Å². The lowest BCUT2D eigenvalue weighted by atomic mass is 10.2. The first-order valence-electron chi connectivity index (χ1n) is 6.08. The number of hydrogen-bond acceptors (Lipinski definition) is 4. The summed E-state index contributed by atoms with van der Waals surface area (Å²) in [6.07, 6.45) is 1.62. The first kappa shape index (κ1) is 12.4. The third-order valence-corrected chi connectivity index (χ3v) is 2.82. The largest absolute Gasteiger partial charge is 0.497 e. The van der Waals surface area contributed by atoms with E-state index in [0.29, 0.717) is 5.69 Å². The monoisotopic (exact) mass is 246 g/mol. The lowest BCUT2D eigenvalue weighted by Gasteiger charge is -2.09. The molecule has 0 fully saturated rings. The van der Waals surface area contributed by atoms with Crippen LogP contribution in [0.2, 0.25) is 0 Å². The van der Waals surface area contributed by atoms with Crippen LogP contribution in [0.15, 0.2) is 18.2 Å². The summed E-state index contributed by atoms with van der Waals surface area (Å²) in [4.78, 5) is 4.48. The predicted octanol–water partition coefficient (Wildman–Crippen LogP) is 1.98. The van der Waals surface area contributed by atoms with E-state index in [4.69, 9.17) is 10.5 Å². The minimum Gasteiger partial charge on any atom is -0.497 e. The molecule has 0 saturated heterocycles. The topological polar surface area (TPSA) is 66.0 Å². The van der Waals surface area contributed by atoms with Crippen molar-refractivity contribution in [2.75, 3.05) is 12.8 Å². The van der Waals surface area contributed by atoms with E-state index in [1.807, 2.05) is 25.1 Å². The number of aromatic nitrogens is 3. The fourth-order valence-electron chi connectivity index (χ4n) is 1.80. The number of methoxy groups -OCH3 is 1. The Labute approximate surface area is 107 Å². The smallest absolute Gasteiger partial charge is 0.151 e. The third kappa shape index (κ3) is 2.16. The third-order valence-electron chi connectivity index (χ3n) is 2.82. The van der Waals surface area contributed by atoms with Crippen molar-refractivity contribution in [3.63, 3.8) is 0 Å². The lowest BCUT2D eigenvalue weighted by molar-refractivity contribution is 0.414. The number of nitrogen functional groups attached to an aromatic ring is 1. The summed E-state index contributed by atoms with van der Waals surface area (Å²) >= 11 is 0. The Morgan fingerprint density at radius 2 is 2.06 bits per heavy atom. The number of ether oxygens (including phenoxy) is 1. The summed E-state index contributed by atoms with van der Waals surface area (Å²) in [5.74, 6) is 2.50. The van der Waals surface area contributed by atoms with Gasteiger partial charge in [0.2, 0.25) is 0 Å². The van der Waals surface area contributed by atoms with Crippen molar-refractivity contribution in [1.29, 1.82) is 0 Å². The van der Waals surface area contributed by atoms with Crippen molar-refractivity contribution in [2.24, 2.45) is 0 Å². The van der Waals surface area contributed by atoms with E-state index in [2.05, 4.69) is 17.0 Å². The van der Waals surface area contributed by atoms with Crippen molar-refractivity contribution in [1.82, 2.24) is 14.8 Å². The van der Waals surface area contributed by atoms with Crippen LogP contribution in [0.5, 0.6) is 5.75 Å². The molecule has 1 aromatic heterocycles. The van der Waals surface area contributed by atoms with Crippen LogP contribution in [0, 0.1) is 0 Å². The van der Waals surface area contributed by atoms with Gasteiger partial charge < -0.3 is 10.5 Å². The Balaban J connectivity index is 2.56. The average molecular weight is 246 g/mol. The number of rotatable bonds is 4. The van der Waals surface area contributed by atoms with Gasteiger partial charge in [-0.25, -0.2) is 9.67 Å². The van der Waals surface area contributed by atoms with Crippen LogP contribution < -0.4 is 10.5 Å². The molecule has 0 aliphatic heterocycles. The molecule has 5 nitrogen and oxygen atoms in total. The Bertz CT molecular complexity index is 548. The Morgan fingerprint density at radius 1 is 1.28 bits per heavy atom. The van der Waals surface area contributed by atoms with Crippen molar-refractivity contribution in [3.8, 4) is 11.4 Å². The van der Waals surface area contributed by atoms with Crippen molar-refractivity contribution < 1.29 is 4.74 Å². The van der Waals surface area contributed by atoms with Crippen molar-refractivity contribution in [2.45, 2.75) is 26.7 Å². The molecule has 5 heteroatoms. The summed E-state index contributed by atoms with van der Waals surface area (Å²) in [6.45, 7) is 4.09. The summed E-state index contributed by atoms with van der Waals surface area (Å²) in [6, 6.07) is 5.53. The number of hydrogen-bond donors (Lipinski definition) is 1. The fourth-order valence-corrected chi connectivity index (χ4v) is 1.80. The molecule has 0 unspecified atom stereocenters. The van der Waals surface area contributed by atoms with E-state index >= 15 is 0 Å². The first-order valence-corrected chi connectivity index (χ1v) is 6.08. The normalized spacial score (nSPS) is 10.6. The van der Waals surface area contributed by atoms with E-state index in [-0.39, 0.29) is 0 Å². The molecule has 0 amide bonds. The standard InChI is InChI=1S/C13H18N4O/c1-4-12-15-13(5-2)17(16-12)11-8-9(18-3)6-7-10(11)14/h6-8H,4-5,14H2,1-3H3. The molecule has 0 aliphatic rings. The van der Waals surface area contributed by atoms with Gasteiger partial charge in [-0.3, -0.25) is 0 Å². The molecule has 2 aromatic rings. The molecule has 0 bridgehead atoms. The Kier molecular flexibility index (Phi) is 3.50. The highest BCUT2D eigenvalue weighted by Crippen LogP contribution is 2.24. The molecule has 96 valence electrons. The molecule has 2 N–H and O–H groups in total. The molecule has 1 heterocycles. The van der Waals surface area contributed by atoms with Gasteiger partial charge in [-0.15, -0.1) is 0 Å². The highest BCUT2D eigenvalue weighted by Gasteiger charge is 2.12. The van der Waals surface area contributed by atoms with Crippen molar-refractivity contribution >= 4 is 5.69 Å². The van der Waals surface area contributed by atoms with Crippen LogP contribution in [0.4, 0.5) is 5.69 Å². The maximum atomic E-state index is 6.01. The Morgan fingerprint density at radius 3 is 2.67 bits per heavy atom. The van der Waals surface area contributed by atoms with E-state index in [9.17, 15) is 0 Å². The molecule has 0 spiro atoms. The zero-order chi connectivity index (χ0) is 13.1. The molecular formula is C13H18N4O. The van der Waals surface area contributed by atoms with Gasteiger partial charge >= 0.3 is 0 Å². The average Bonchev–Trinajstić information content (AvgIpc) is 2.82. The van der Waals surface area contributed by atoms with Gasteiger partial charge in [-0.2, -0.15) is 5.10 Å². The second-order valence-electron chi connectivity index (χ2n) is 3.99. The highest BCUT2D eigenvalue weighted by atomic mass is 16.5. The minimum absolute atomic E-state index is 0.665. The number of nitrogens with two attached hydrogens (primary N) is 1. The zero-order valence-corrected chi connectivity index (χ0v) is 11.0. The second kappa shape index (κ2) is 5.08. The Hall–Kier alpha value is -2.04. The summed E-state index contributed by atoms with van der Waals surface area (Å²) in [5, 5.41) is 4.48. The van der Waals surface area contributed by atoms with Gasteiger partial charge in [0.15, 0.2) is 5.82 Å². The molecular weight excluding hydrogens is 228 g/mol. The minimum atomic E-state index is 0.665. The van der Waals surface area contributed by atoms with Crippen LogP contribution in [0.25, 0.3) is 5.69 Å². The van der Waals surface area contributed by atoms with Crippen LogP contribution in [0.3, 0.4) is 0 Å². The van der Waals surface area contributed by atoms with Crippen LogP contribution in [-0.2, 0) is 12.8 Å². The molecule has 2 rings (SSSR count). The summed E-state index contributed by atoms with van der Waals surface area (Å²) < 4.78 is 7.02. The number of nitrogens with zero attached hydrogens (tertiary/aromatic N) is 3. The highest BCUT2D eigenvalue weighted by molar-refractivity contribution is 5.60. The van der Waals surface area contributed by atoms with E-state index in [1.165, 1.54) is 0 Å². The van der Waals surface area contributed by atoms with Gasteiger partial charge in [-0.1, -0.05) is 13.8 Å². The maximum Gasteiger partial charge on any atom is 0.151 e. The molecule has 0 atom stereocenters. The van der Waals surface area contributed by atoms with Gasteiger partial charge in [0.25, 0.3) is 0 Å². The molecule has 0 radical (unpaired) electrons. The van der Waals surface area contributed by atoms with E-state index in [1.54, 1.807) is 11.8 Å². The first-order chi connectivity index (χ1) is 8.69. The van der Waals surface area contributed by atoms with Crippen molar-refractivity contribution in [3.05, 3.63) is 29.8 Å². The lowest BCUT2D eigenvalue weighted by Crippen LogP contribution is -2.06. The SMILES string of the molecule is CCc1nc(CC)n(-c2cc(OC)ccc2N)n1. The fraction of sp³-hybridized carbons (Fsp3) is 0.385. The summed E-state index contributed by atoms with van der Waals surface area (Å²) in [5.41, 5.74) is 7.49. The van der Waals surface area contributed by atoms with Crippen LogP contribution in [0.1, 0.15) is 25.5 Å². The van der Waals surface area contributed by atoms with Crippen LogP contribution >= 0.6 is 0 Å². The van der Waals surface area contributed by atoms with Gasteiger partial charge in [0.05, 0.1) is 18.5 Å². The predicted molar refractivity (Wildman–Crippen MR) is 71.1 cm³/mol.